The Morgan fingerprint density at radius 1 is 1.02 bits per heavy atom. The first-order chi connectivity index (χ1) is 19.9. The molecule has 43 heavy (non-hydrogen) atoms. The van der Waals surface area contributed by atoms with E-state index in [1.165, 1.54) is 0 Å². The van der Waals surface area contributed by atoms with Gasteiger partial charge in [0.25, 0.3) is 17.7 Å². The molecule has 2 heterocycles. The molecule has 3 aromatic rings. The van der Waals surface area contributed by atoms with E-state index in [0.29, 0.717) is 34.9 Å². The molecule has 1 atom stereocenters. The largest absolute Gasteiger partial charge is 0.336 e. The molecular formula is C32H39Cl3N4O4. The fourth-order valence-corrected chi connectivity index (χ4v) is 5.74. The number of piperazine rings is 1. The van der Waals surface area contributed by atoms with Gasteiger partial charge in [0.05, 0.1) is 12.3 Å². The number of hydrogen-bond acceptors (Lipinski definition) is 6. The number of halogens is 3. The fourth-order valence-electron chi connectivity index (χ4n) is 5.54. The number of nitrogens with zero attached hydrogens (tertiary/aromatic N) is 2. The summed E-state index contributed by atoms with van der Waals surface area (Å²) < 4.78 is 12.6. The maximum absolute atomic E-state index is 14.3. The Hall–Kier alpha value is -2.69. The quantitative estimate of drug-likeness (QED) is 0.294. The van der Waals surface area contributed by atoms with Crippen molar-refractivity contribution in [1.82, 2.24) is 10.2 Å². The lowest BCUT2D eigenvalue weighted by molar-refractivity contribution is -0.222. The number of anilines is 2. The number of amides is 2. The number of carbonyl (C=O) groups excluding carboxylic acids is 2. The summed E-state index contributed by atoms with van der Waals surface area (Å²) in [6.07, 6.45) is 2.02. The van der Waals surface area contributed by atoms with Crippen LogP contribution in [-0.4, -0.2) is 69.1 Å². The van der Waals surface area contributed by atoms with Gasteiger partial charge in [-0.3, -0.25) is 19.4 Å². The van der Waals surface area contributed by atoms with Crippen molar-refractivity contribution in [1.29, 1.82) is 0 Å². The summed E-state index contributed by atoms with van der Waals surface area (Å²) in [5, 5.41) is 6.91. The summed E-state index contributed by atoms with van der Waals surface area (Å²) in [6, 6.07) is 19.9. The van der Waals surface area contributed by atoms with Crippen LogP contribution < -0.4 is 15.5 Å². The van der Waals surface area contributed by atoms with Gasteiger partial charge in [-0.05, 0) is 79.4 Å². The smallest absolute Gasteiger partial charge is 0.262 e. The van der Waals surface area contributed by atoms with Crippen LogP contribution in [0, 0.1) is 6.92 Å². The Bertz CT molecular complexity index is 1390. The topological polar surface area (TPSA) is 83.1 Å². The summed E-state index contributed by atoms with van der Waals surface area (Å²) in [4.78, 5) is 31.1. The third-order valence-corrected chi connectivity index (χ3v) is 8.04. The zero-order valence-electron chi connectivity index (χ0n) is 24.4. The van der Waals surface area contributed by atoms with Crippen LogP contribution in [0.3, 0.4) is 0 Å². The van der Waals surface area contributed by atoms with Gasteiger partial charge in [-0.25, -0.2) is 0 Å². The maximum Gasteiger partial charge on any atom is 0.262 e. The highest BCUT2D eigenvalue weighted by molar-refractivity contribution is 6.30. The fraction of sp³-hybridized carbons (Fsp3) is 0.375. The van der Waals surface area contributed by atoms with E-state index >= 15 is 0 Å². The van der Waals surface area contributed by atoms with E-state index in [-0.39, 0.29) is 36.6 Å². The molecule has 0 aliphatic carbocycles. The molecule has 0 aromatic heterocycles. The highest BCUT2D eigenvalue weighted by Gasteiger charge is 2.45. The highest BCUT2D eigenvalue weighted by atomic mass is 35.5. The van der Waals surface area contributed by atoms with E-state index in [0.717, 1.165) is 62.4 Å². The molecule has 1 fully saturated rings. The molecule has 1 saturated heterocycles. The summed E-state index contributed by atoms with van der Waals surface area (Å²) in [5.74, 6) is -1.73. The van der Waals surface area contributed by atoms with Gasteiger partial charge in [0.15, 0.2) is 0 Å². The Morgan fingerprint density at radius 2 is 1.74 bits per heavy atom. The summed E-state index contributed by atoms with van der Waals surface area (Å²) in [6.45, 7) is 6.89. The van der Waals surface area contributed by atoms with Gasteiger partial charge < -0.3 is 20.1 Å². The van der Waals surface area contributed by atoms with Crippen molar-refractivity contribution in [3.63, 3.8) is 0 Å². The lowest BCUT2D eigenvalue weighted by atomic mass is 10.1. The molecule has 0 spiro atoms. The van der Waals surface area contributed by atoms with Crippen molar-refractivity contribution in [3.05, 3.63) is 94.0 Å². The van der Waals surface area contributed by atoms with Gasteiger partial charge in [0.2, 0.25) is 0 Å². The van der Waals surface area contributed by atoms with E-state index in [9.17, 15) is 9.59 Å². The van der Waals surface area contributed by atoms with Gasteiger partial charge in [0.1, 0.15) is 0 Å². The molecule has 0 bridgehead atoms. The van der Waals surface area contributed by atoms with Crippen molar-refractivity contribution in [3.8, 4) is 0 Å². The highest BCUT2D eigenvalue weighted by Crippen LogP contribution is 2.39. The van der Waals surface area contributed by atoms with E-state index in [1.54, 1.807) is 48.4 Å². The average molecular weight is 650 g/mol. The maximum atomic E-state index is 14.3. The van der Waals surface area contributed by atoms with Gasteiger partial charge in [-0.2, -0.15) is 0 Å². The molecule has 232 valence electrons. The van der Waals surface area contributed by atoms with Crippen LogP contribution in [-0.2, 0) is 15.9 Å². The Labute approximate surface area is 270 Å². The number of carbonyl (C=O) groups is 2. The van der Waals surface area contributed by atoms with Crippen molar-refractivity contribution >= 4 is 59.6 Å². The number of benzene rings is 3. The Morgan fingerprint density at radius 3 is 2.44 bits per heavy atom. The van der Waals surface area contributed by atoms with Crippen LogP contribution in [0.5, 0.6) is 0 Å². The number of hydrogen-bond donors (Lipinski definition) is 2. The first-order valence-corrected chi connectivity index (χ1v) is 14.5. The SMILES string of the molecule is COC1(OCCN2CCNCC2)CCCc2cc(Cl)ccc2N1C(=O)c1ccc(NC(=O)c2ccccc2C)cc1.Cl.Cl. The van der Waals surface area contributed by atoms with Crippen LogP contribution in [0.25, 0.3) is 0 Å². The van der Waals surface area contributed by atoms with Crippen LogP contribution in [0.2, 0.25) is 5.02 Å². The number of rotatable bonds is 8. The minimum Gasteiger partial charge on any atom is -0.336 e. The van der Waals surface area contributed by atoms with E-state index in [1.807, 2.05) is 37.3 Å². The normalized spacial score (nSPS) is 18.4. The lowest BCUT2D eigenvalue weighted by Gasteiger charge is -2.42. The second-order valence-corrected chi connectivity index (χ2v) is 10.9. The van der Waals surface area contributed by atoms with Crippen LogP contribution in [0.1, 0.15) is 44.7 Å². The number of nitrogens with one attached hydrogen (secondary N) is 2. The zero-order chi connectivity index (χ0) is 28.8. The van der Waals surface area contributed by atoms with E-state index < -0.39 is 5.91 Å². The summed E-state index contributed by atoms with van der Waals surface area (Å²) in [5.41, 5.74) is 4.24. The van der Waals surface area contributed by atoms with E-state index in [2.05, 4.69) is 15.5 Å². The molecule has 8 nitrogen and oxygen atoms in total. The molecule has 0 saturated carbocycles. The number of fused-ring (bicyclic) bond motifs is 1. The van der Waals surface area contributed by atoms with Gasteiger partial charge in [-0.1, -0.05) is 29.8 Å². The van der Waals surface area contributed by atoms with E-state index in [4.69, 9.17) is 21.1 Å². The second-order valence-electron chi connectivity index (χ2n) is 10.5. The van der Waals surface area contributed by atoms with Gasteiger partial charge >= 0.3 is 0 Å². The van der Waals surface area contributed by atoms with Crippen molar-refractivity contribution in [2.75, 3.05) is 56.7 Å². The Balaban J connectivity index is 0.00000253. The van der Waals surface area contributed by atoms with Crippen LogP contribution in [0.15, 0.2) is 66.7 Å². The predicted octanol–water partition coefficient (Wildman–Crippen LogP) is 5.95. The molecule has 0 radical (unpaired) electrons. The molecule has 2 aliphatic heterocycles. The Kier molecular flexibility index (Phi) is 12.8. The molecule has 3 aromatic carbocycles. The molecule has 11 heteroatoms. The average Bonchev–Trinajstić information content (AvgIpc) is 3.14. The minimum atomic E-state index is -1.28. The predicted molar refractivity (Wildman–Crippen MR) is 176 cm³/mol. The molecule has 5 rings (SSSR count). The van der Waals surface area contributed by atoms with Crippen LogP contribution >= 0.6 is 36.4 Å². The molecule has 2 amide bonds. The lowest BCUT2D eigenvalue weighted by Crippen LogP contribution is -2.56. The van der Waals surface area contributed by atoms with Crippen LogP contribution in [0.4, 0.5) is 11.4 Å². The molecular weight excluding hydrogens is 611 g/mol. The number of aryl methyl sites for hydroxylation is 2. The molecule has 2 aliphatic rings. The number of methoxy groups -OCH3 is 1. The summed E-state index contributed by atoms with van der Waals surface area (Å²) >= 11 is 6.35. The monoisotopic (exact) mass is 648 g/mol. The van der Waals surface area contributed by atoms with Gasteiger partial charge in [0, 0.05) is 68.1 Å². The summed E-state index contributed by atoms with van der Waals surface area (Å²) in [7, 11) is 1.59. The molecule has 1 unspecified atom stereocenters. The second kappa shape index (κ2) is 15.9. The van der Waals surface area contributed by atoms with Gasteiger partial charge in [-0.15, -0.1) is 24.8 Å². The van der Waals surface area contributed by atoms with Crippen molar-refractivity contribution < 1.29 is 19.1 Å². The zero-order valence-corrected chi connectivity index (χ0v) is 26.8. The first-order valence-electron chi connectivity index (χ1n) is 14.1. The molecule has 2 N–H and O–H groups in total. The van der Waals surface area contributed by atoms with Crippen molar-refractivity contribution in [2.24, 2.45) is 0 Å². The first kappa shape index (κ1) is 34.8. The standard InChI is InChI=1S/C32H37ClN4O4.2ClH/c1-23-6-3-4-8-28(23)30(38)35-27-12-9-24(10-13-27)31(39)37-29-14-11-26(33)22-25(29)7-5-15-32(37,40-2)41-21-20-36-18-16-34-17-19-36;;/h3-4,6,8-14,22,34H,5,7,15-21H2,1-2H3,(H,35,38);2*1H. The minimum absolute atomic E-state index is 0. The third kappa shape index (κ3) is 8.08. The van der Waals surface area contributed by atoms with Crippen molar-refractivity contribution in [2.45, 2.75) is 32.1 Å². The number of ether oxygens (including phenoxy) is 2. The third-order valence-electron chi connectivity index (χ3n) is 7.81.